The molecule has 2 saturated heterocycles. The summed E-state index contributed by atoms with van der Waals surface area (Å²) in [6.45, 7) is 16.5. The minimum atomic E-state index is -0.994. The van der Waals surface area contributed by atoms with E-state index in [1.165, 1.54) is 0 Å². The molecule has 2 heterocycles. The van der Waals surface area contributed by atoms with Crippen LogP contribution in [0.4, 0.5) is 4.79 Å². The molecule has 2 fully saturated rings. The van der Waals surface area contributed by atoms with Crippen molar-refractivity contribution in [2.75, 3.05) is 19.6 Å². The number of carbonyl (C=O) groups excluding carboxylic acids is 2. The van der Waals surface area contributed by atoms with E-state index in [1.54, 1.807) is 18.7 Å². The van der Waals surface area contributed by atoms with Gasteiger partial charge in [0.05, 0.1) is 5.60 Å². The van der Waals surface area contributed by atoms with Crippen LogP contribution in [0.5, 0.6) is 0 Å². The zero-order chi connectivity index (χ0) is 22.2. The predicted octanol–water partition coefficient (Wildman–Crippen LogP) is 3.19. The highest BCUT2D eigenvalue weighted by Gasteiger charge is 2.47. The van der Waals surface area contributed by atoms with E-state index in [4.69, 9.17) is 9.47 Å². The van der Waals surface area contributed by atoms with Gasteiger partial charge in [-0.2, -0.15) is 0 Å². The highest BCUT2D eigenvalue weighted by molar-refractivity contribution is 5.76. The van der Waals surface area contributed by atoms with Crippen molar-refractivity contribution in [2.45, 2.75) is 104 Å². The Morgan fingerprint density at radius 3 is 2.00 bits per heavy atom. The van der Waals surface area contributed by atoms with E-state index >= 15 is 0 Å². The molecular formula is C22H40N2O5. The predicted molar refractivity (Wildman–Crippen MR) is 112 cm³/mol. The van der Waals surface area contributed by atoms with Gasteiger partial charge < -0.3 is 19.5 Å². The van der Waals surface area contributed by atoms with Crippen molar-refractivity contribution in [3.63, 3.8) is 0 Å². The zero-order valence-corrected chi connectivity index (χ0v) is 19.4. The molecule has 7 heteroatoms. The Hall–Kier alpha value is -1.34. The number of ether oxygens (including phenoxy) is 2. The van der Waals surface area contributed by atoms with Crippen LogP contribution in [0.1, 0.15) is 74.7 Å². The summed E-state index contributed by atoms with van der Waals surface area (Å²) < 4.78 is 11.2. The van der Waals surface area contributed by atoms with Crippen molar-refractivity contribution in [3.05, 3.63) is 0 Å². The monoisotopic (exact) mass is 412 g/mol. The van der Waals surface area contributed by atoms with E-state index in [0.717, 1.165) is 19.4 Å². The maximum absolute atomic E-state index is 12.8. The highest BCUT2D eigenvalue weighted by atomic mass is 16.6. The Morgan fingerprint density at radius 1 is 0.897 bits per heavy atom. The average molecular weight is 413 g/mol. The molecule has 3 atom stereocenters. The fourth-order valence-corrected chi connectivity index (χ4v) is 4.33. The third-order valence-corrected chi connectivity index (χ3v) is 5.53. The third kappa shape index (κ3) is 6.57. The van der Waals surface area contributed by atoms with Gasteiger partial charge in [0.1, 0.15) is 17.2 Å². The molecule has 7 nitrogen and oxygen atoms in total. The minimum Gasteiger partial charge on any atom is -0.459 e. The summed E-state index contributed by atoms with van der Waals surface area (Å²) in [4.78, 5) is 29.2. The minimum absolute atomic E-state index is 0.00806. The first-order chi connectivity index (χ1) is 13.1. The SMILES string of the molecule is CC(C)(C)OC(=O)[C@@H]1CCCN1C1CCN(C(=O)OC(C)(C)C)CC1C(C)(C)O. The maximum Gasteiger partial charge on any atom is 0.410 e. The summed E-state index contributed by atoms with van der Waals surface area (Å²) in [6.07, 6.45) is 2.03. The summed E-state index contributed by atoms with van der Waals surface area (Å²) in [7, 11) is 0. The first-order valence-corrected chi connectivity index (χ1v) is 10.8. The van der Waals surface area contributed by atoms with Crippen molar-refractivity contribution in [1.82, 2.24) is 9.80 Å². The Kier molecular flexibility index (Phi) is 6.95. The molecule has 0 spiro atoms. The molecule has 0 aromatic heterocycles. The van der Waals surface area contributed by atoms with Gasteiger partial charge >= 0.3 is 12.1 Å². The molecule has 1 amide bonds. The fourth-order valence-electron chi connectivity index (χ4n) is 4.33. The number of rotatable bonds is 3. The summed E-state index contributed by atoms with van der Waals surface area (Å²) in [6, 6.07) is -0.286. The van der Waals surface area contributed by atoms with Crippen LogP contribution in [0.25, 0.3) is 0 Å². The van der Waals surface area contributed by atoms with Gasteiger partial charge in [-0.05, 0) is 81.2 Å². The lowest BCUT2D eigenvalue weighted by atomic mass is 9.79. The van der Waals surface area contributed by atoms with Gasteiger partial charge in [0.25, 0.3) is 0 Å². The molecule has 0 bridgehead atoms. The Labute approximate surface area is 175 Å². The number of carbonyl (C=O) groups is 2. The molecule has 2 aliphatic rings. The molecule has 2 rings (SSSR count). The lowest BCUT2D eigenvalue weighted by molar-refractivity contribution is -0.163. The summed E-state index contributed by atoms with van der Waals surface area (Å²) >= 11 is 0. The van der Waals surface area contributed by atoms with Gasteiger partial charge in [-0.3, -0.25) is 9.69 Å². The lowest BCUT2D eigenvalue weighted by Gasteiger charge is -2.48. The van der Waals surface area contributed by atoms with E-state index in [9.17, 15) is 14.7 Å². The van der Waals surface area contributed by atoms with Crippen molar-refractivity contribution in [1.29, 1.82) is 0 Å². The second-order valence-electron chi connectivity index (χ2n) is 11.0. The second kappa shape index (κ2) is 8.42. The Balaban J connectivity index is 2.17. The van der Waals surface area contributed by atoms with E-state index in [1.807, 2.05) is 41.5 Å². The van der Waals surface area contributed by atoms with E-state index < -0.39 is 16.8 Å². The smallest absolute Gasteiger partial charge is 0.410 e. The largest absolute Gasteiger partial charge is 0.459 e. The second-order valence-corrected chi connectivity index (χ2v) is 11.0. The van der Waals surface area contributed by atoms with Crippen LogP contribution >= 0.6 is 0 Å². The standard InChI is InChI=1S/C22H40N2O5/c1-20(2,3)28-18(25)17-10-9-12-24(17)16-11-13-23(14-15(16)22(7,8)27)19(26)29-21(4,5)6/h15-17,27H,9-14H2,1-8H3/t15?,16?,17-/m0/s1. The van der Waals surface area contributed by atoms with Gasteiger partial charge in [0.2, 0.25) is 0 Å². The molecular weight excluding hydrogens is 372 g/mol. The first-order valence-electron chi connectivity index (χ1n) is 10.8. The Morgan fingerprint density at radius 2 is 1.48 bits per heavy atom. The van der Waals surface area contributed by atoms with Crippen LogP contribution in [0.2, 0.25) is 0 Å². The van der Waals surface area contributed by atoms with Gasteiger partial charge in [-0.25, -0.2) is 4.79 Å². The average Bonchev–Trinajstić information content (AvgIpc) is 2.99. The van der Waals surface area contributed by atoms with Crippen LogP contribution < -0.4 is 0 Å². The molecule has 29 heavy (non-hydrogen) atoms. The quantitative estimate of drug-likeness (QED) is 0.717. The van der Waals surface area contributed by atoms with Crippen molar-refractivity contribution in [2.24, 2.45) is 5.92 Å². The molecule has 2 aliphatic heterocycles. The number of likely N-dealkylation sites (tertiary alicyclic amines) is 2. The van der Waals surface area contributed by atoms with Crippen molar-refractivity contribution < 1.29 is 24.2 Å². The number of amides is 1. The van der Waals surface area contributed by atoms with Crippen molar-refractivity contribution >= 4 is 12.1 Å². The molecule has 0 radical (unpaired) electrons. The lowest BCUT2D eigenvalue weighted by Crippen LogP contribution is -2.60. The molecule has 168 valence electrons. The van der Waals surface area contributed by atoms with Gasteiger partial charge in [-0.15, -0.1) is 0 Å². The number of esters is 1. The number of nitrogens with zero attached hydrogens (tertiary/aromatic N) is 2. The topological polar surface area (TPSA) is 79.3 Å². The number of hydrogen-bond donors (Lipinski definition) is 1. The van der Waals surface area contributed by atoms with Crippen LogP contribution in [0, 0.1) is 5.92 Å². The number of piperidine rings is 1. The van der Waals surface area contributed by atoms with Crippen LogP contribution in [-0.4, -0.2) is 75.5 Å². The molecule has 0 aromatic rings. The molecule has 1 N–H and O–H groups in total. The Bertz CT molecular complexity index is 600. The van der Waals surface area contributed by atoms with Crippen LogP contribution in [0.15, 0.2) is 0 Å². The molecule has 0 aliphatic carbocycles. The highest BCUT2D eigenvalue weighted by Crippen LogP contribution is 2.36. The summed E-state index contributed by atoms with van der Waals surface area (Å²) in [5.41, 5.74) is -2.08. The first kappa shape index (κ1) is 23.9. The summed E-state index contributed by atoms with van der Waals surface area (Å²) in [5.74, 6) is -0.383. The maximum atomic E-state index is 12.8. The van der Waals surface area contributed by atoms with Crippen LogP contribution in [-0.2, 0) is 14.3 Å². The van der Waals surface area contributed by atoms with E-state index in [-0.39, 0.29) is 30.1 Å². The van der Waals surface area contributed by atoms with E-state index in [0.29, 0.717) is 19.5 Å². The van der Waals surface area contributed by atoms with Crippen LogP contribution in [0.3, 0.4) is 0 Å². The summed E-state index contributed by atoms with van der Waals surface area (Å²) in [5, 5.41) is 10.9. The molecule has 2 unspecified atom stereocenters. The zero-order valence-electron chi connectivity index (χ0n) is 19.4. The van der Waals surface area contributed by atoms with Gasteiger partial charge in [-0.1, -0.05) is 0 Å². The number of hydrogen-bond acceptors (Lipinski definition) is 6. The van der Waals surface area contributed by atoms with Crippen molar-refractivity contribution in [3.8, 4) is 0 Å². The third-order valence-electron chi connectivity index (χ3n) is 5.53. The van der Waals surface area contributed by atoms with Gasteiger partial charge in [0, 0.05) is 25.0 Å². The molecule has 0 saturated carbocycles. The fraction of sp³-hybridized carbons (Fsp3) is 0.909. The number of aliphatic hydroxyl groups is 1. The molecule has 0 aromatic carbocycles. The van der Waals surface area contributed by atoms with Gasteiger partial charge in [0.15, 0.2) is 0 Å². The normalized spacial score (nSPS) is 27.1. The van der Waals surface area contributed by atoms with E-state index in [2.05, 4.69) is 4.90 Å².